The van der Waals surface area contributed by atoms with Crippen LogP contribution in [-0.2, 0) is 4.79 Å². The average Bonchev–Trinajstić information content (AvgIpc) is 1.64. The van der Waals surface area contributed by atoms with Crippen LogP contribution in [0.15, 0.2) is 0 Å². The van der Waals surface area contributed by atoms with Crippen molar-refractivity contribution in [2.75, 3.05) is 0 Å². The second-order valence-electron chi connectivity index (χ2n) is 1.69. The van der Waals surface area contributed by atoms with Crippen LogP contribution in [0.1, 0.15) is 6.92 Å². The molecular formula is C4H4Cl4O. The van der Waals surface area contributed by atoms with E-state index in [9.17, 15) is 4.79 Å². The summed E-state index contributed by atoms with van der Waals surface area (Å²) >= 11 is 21.3. The van der Waals surface area contributed by atoms with E-state index >= 15 is 0 Å². The van der Waals surface area contributed by atoms with Crippen LogP contribution >= 0.6 is 46.4 Å². The van der Waals surface area contributed by atoms with E-state index in [0.717, 1.165) is 0 Å². The Balaban J connectivity index is 4.32. The van der Waals surface area contributed by atoms with Crippen molar-refractivity contribution in [2.24, 2.45) is 0 Å². The summed E-state index contributed by atoms with van der Waals surface area (Å²) in [7, 11) is 0. The first-order valence-electron chi connectivity index (χ1n) is 2.03. The summed E-state index contributed by atoms with van der Waals surface area (Å²) in [4.78, 5) is 8.66. The molecule has 0 aliphatic rings. The summed E-state index contributed by atoms with van der Waals surface area (Å²) in [5.41, 5.74) is 0. The maximum atomic E-state index is 10.1. The van der Waals surface area contributed by atoms with Gasteiger partial charge in [0, 0.05) is 0 Å². The third-order valence-corrected chi connectivity index (χ3v) is 2.62. The summed E-state index contributed by atoms with van der Waals surface area (Å²) in [5, 5.41) is 0. The number of hydrogen-bond acceptors (Lipinski definition) is 1. The Hall–Kier alpha value is 0.830. The van der Waals surface area contributed by atoms with Crippen molar-refractivity contribution < 1.29 is 4.79 Å². The van der Waals surface area contributed by atoms with Gasteiger partial charge in [0.1, 0.15) is 11.2 Å². The highest BCUT2D eigenvalue weighted by molar-refractivity contribution is 6.72. The van der Waals surface area contributed by atoms with Crippen molar-refractivity contribution in [3.63, 3.8) is 0 Å². The predicted octanol–water partition coefficient (Wildman–Crippen LogP) is 2.55. The molecule has 0 aromatic rings. The van der Waals surface area contributed by atoms with E-state index in [-0.39, 0.29) is 0 Å². The number of hydrogen-bond donors (Lipinski definition) is 0. The van der Waals surface area contributed by atoms with Gasteiger partial charge in [-0.25, -0.2) is 0 Å². The Bertz CT molecular complexity index is 114. The molecule has 0 aromatic carbocycles. The normalized spacial score (nSPS) is 18.8. The van der Waals surface area contributed by atoms with Crippen molar-refractivity contribution in [3.8, 4) is 0 Å². The molecule has 1 unspecified atom stereocenters. The molecule has 0 saturated heterocycles. The highest BCUT2D eigenvalue weighted by Gasteiger charge is 2.42. The molecule has 0 spiro atoms. The van der Waals surface area contributed by atoms with Gasteiger partial charge < -0.3 is 4.79 Å². The summed E-state index contributed by atoms with van der Waals surface area (Å²) < 4.78 is -1.74. The summed E-state index contributed by atoms with van der Waals surface area (Å²) in [6.07, 6.45) is 0.390. The number of carbonyl (C=O) groups excluding carboxylic acids is 1. The fourth-order valence-electron chi connectivity index (χ4n) is 0.0668. The third-order valence-electron chi connectivity index (χ3n) is 0.776. The summed E-state index contributed by atoms with van der Waals surface area (Å²) in [5.74, 6) is 0. The van der Waals surface area contributed by atoms with Crippen molar-refractivity contribution in [2.45, 2.75) is 15.6 Å². The summed E-state index contributed by atoms with van der Waals surface area (Å²) in [6.45, 7) is 1.33. The largest absolute Gasteiger partial charge is 0.301 e. The van der Waals surface area contributed by atoms with Gasteiger partial charge in [0.25, 0.3) is 0 Å². The fourth-order valence-corrected chi connectivity index (χ4v) is 0.200. The van der Waals surface area contributed by atoms with Gasteiger partial charge in [0.2, 0.25) is 3.79 Å². The molecule has 0 aromatic heterocycles. The van der Waals surface area contributed by atoms with Crippen LogP contribution in [0.2, 0.25) is 0 Å². The van der Waals surface area contributed by atoms with Gasteiger partial charge in [-0.15, -0.1) is 11.6 Å². The van der Waals surface area contributed by atoms with Crippen LogP contribution in [-0.4, -0.2) is 15.0 Å². The number of halogens is 4. The molecule has 0 aliphatic heterocycles. The number of alkyl halides is 4. The highest BCUT2D eigenvalue weighted by atomic mass is 35.6. The lowest BCUT2D eigenvalue weighted by molar-refractivity contribution is -0.109. The van der Waals surface area contributed by atoms with E-state index in [2.05, 4.69) is 0 Å². The van der Waals surface area contributed by atoms with Crippen LogP contribution in [0.4, 0.5) is 0 Å². The number of aldehydes is 1. The van der Waals surface area contributed by atoms with Crippen LogP contribution in [0.5, 0.6) is 0 Å². The monoisotopic (exact) mass is 208 g/mol. The minimum absolute atomic E-state index is 0.390. The molecule has 5 heteroatoms. The Labute approximate surface area is 73.2 Å². The molecule has 0 saturated carbocycles. The standard InChI is InChI=1S/C4H4Cl4O/c1-3(5,2-9)4(6,7)8/h2H,1H3. The SMILES string of the molecule is CC(Cl)(C=O)C(Cl)(Cl)Cl. The zero-order valence-corrected chi connectivity index (χ0v) is 7.52. The summed E-state index contributed by atoms with van der Waals surface area (Å²) in [6, 6.07) is 0. The third kappa shape index (κ3) is 2.50. The molecule has 1 atom stereocenters. The Morgan fingerprint density at radius 1 is 1.22 bits per heavy atom. The maximum Gasteiger partial charge on any atom is 0.215 e. The minimum atomic E-state index is -1.74. The number of carbonyl (C=O) groups is 1. The highest BCUT2D eigenvalue weighted by Crippen LogP contribution is 2.40. The predicted molar refractivity (Wildman–Crippen MR) is 40.6 cm³/mol. The second kappa shape index (κ2) is 2.83. The smallest absolute Gasteiger partial charge is 0.215 e. The van der Waals surface area contributed by atoms with E-state index in [1.165, 1.54) is 6.92 Å². The van der Waals surface area contributed by atoms with Crippen LogP contribution in [0.3, 0.4) is 0 Å². The molecule has 0 aliphatic carbocycles. The van der Waals surface area contributed by atoms with Crippen LogP contribution in [0.25, 0.3) is 0 Å². The first-order valence-corrected chi connectivity index (χ1v) is 3.54. The van der Waals surface area contributed by atoms with Crippen molar-refractivity contribution in [1.82, 2.24) is 0 Å². The number of rotatable bonds is 1. The molecule has 0 fully saturated rings. The topological polar surface area (TPSA) is 17.1 Å². The first kappa shape index (κ1) is 9.83. The molecule has 0 rings (SSSR count). The lowest BCUT2D eigenvalue weighted by atomic mass is 10.2. The van der Waals surface area contributed by atoms with Crippen LogP contribution in [0, 0.1) is 0 Å². The second-order valence-corrected chi connectivity index (χ2v) is 4.76. The Morgan fingerprint density at radius 2 is 1.56 bits per heavy atom. The van der Waals surface area contributed by atoms with Crippen LogP contribution < -0.4 is 0 Å². The van der Waals surface area contributed by atoms with Gasteiger partial charge in [-0.1, -0.05) is 34.8 Å². The average molecular weight is 210 g/mol. The van der Waals surface area contributed by atoms with E-state index < -0.39 is 8.67 Å². The van der Waals surface area contributed by atoms with E-state index in [1.807, 2.05) is 0 Å². The van der Waals surface area contributed by atoms with E-state index in [4.69, 9.17) is 46.4 Å². The van der Waals surface area contributed by atoms with E-state index in [1.54, 1.807) is 0 Å². The lowest BCUT2D eigenvalue weighted by Crippen LogP contribution is -2.35. The molecule has 9 heavy (non-hydrogen) atoms. The van der Waals surface area contributed by atoms with Gasteiger partial charge >= 0.3 is 0 Å². The molecular weight excluding hydrogens is 206 g/mol. The van der Waals surface area contributed by atoms with Gasteiger partial charge in [0.05, 0.1) is 0 Å². The van der Waals surface area contributed by atoms with Gasteiger partial charge in [-0.2, -0.15) is 0 Å². The Kier molecular flexibility index (Phi) is 3.09. The molecule has 1 nitrogen and oxygen atoms in total. The molecule has 0 bridgehead atoms. The molecule has 0 heterocycles. The fraction of sp³-hybridized carbons (Fsp3) is 0.750. The van der Waals surface area contributed by atoms with Gasteiger partial charge in [-0.3, -0.25) is 0 Å². The zero-order valence-electron chi connectivity index (χ0n) is 4.50. The first-order chi connectivity index (χ1) is 3.81. The zero-order chi connectivity index (χ0) is 7.71. The van der Waals surface area contributed by atoms with Crippen molar-refractivity contribution in [3.05, 3.63) is 0 Å². The minimum Gasteiger partial charge on any atom is -0.301 e. The molecule has 54 valence electrons. The quantitative estimate of drug-likeness (QED) is 0.480. The molecule has 0 amide bonds. The van der Waals surface area contributed by atoms with Gasteiger partial charge in [0.15, 0.2) is 0 Å². The van der Waals surface area contributed by atoms with Gasteiger partial charge in [-0.05, 0) is 6.92 Å². The lowest BCUT2D eigenvalue weighted by Gasteiger charge is -2.22. The van der Waals surface area contributed by atoms with E-state index in [0.29, 0.717) is 6.29 Å². The molecule has 0 N–H and O–H groups in total. The molecule has 0 radical (unpaired) electrons. The van der Waals surface area contributed by atoms with Crippen molar-refractivity contribution in [1.29, 1.82) is 0 Å². The van der Waals surface area contributed by atoms with Crippen molar-refractivity contribution >= 4 is 52.7 Å². The maximum absolute atomic E-state index is 10.1. The Morgan fingerprint density at radius 3 is 1.56 bits per heavy atom.